The lowest BCUT2D eigenvalue weighted by Crippen LogP contribution is -2.59. The largest absolute Gasteiger partial charge is 0.370 e. The number of nitrogens with zero attached hydrogens (tertiary/aromatic N) is 2. The molecule has 0 spiro atoms. The Bertz CT molecular complexity index is 1860. The van der Waals surface area contributed by atoms with Crippen molar-refractivity contribution in [2.24, 2.45) is 44.6 Å². The van der Waals surface area contributed by atoms with E-state index in [0.717, 1.165) is 4.88 Å². The van der Waals surface area contributed by atoms with Crippen LogP contribution in [0.25, 0.3) is 6.08 Å². The number of thiophene rings is 1. The summed E-state index contributed by atoms with van der Waals surface area (Å²) in [5.74, 6) is -4.30. The molecular weight excluding hydrogens is 742 g/mol. The number of amides is 5. The molecule has 300 valence electrons. The number of rotatable bonds is 21. The molecule has 0 unspecified atom stereocenters. The van der Waals surface area contributed by atoms with Gasteiger partial charge >= 0.3 is 0 Å². The molecule has 18 heteroatoms. The topological polar surface area (TPSA) is 288 Å². The Balaban J connectivity index is 1.91. The second kappa shape index (κ2) is 22.2. The minimum atomic E-state index is -1.28. The Morgan fingerprint density at radius 2 is 1.29 bits per heavy atom. The van der Waals surface area contributed by atoms with E-state index in [1.165, 1.54) is 41.7 Å². The third-order valence-electron chi connectivity index (χ3n) is 8.14. The highest BCUT2D eigenvalue weighted by molar-refractivity contribution is 7.10. The van der Waals surface area contributed by atoms with Gasteiger partial charge in [0.1, 0.15) is 30.0 Å². The molecule has 0 fully saturated rings. The summed E-state index contributed by atoms with van der Waals surface area (Å²) in [6.07, 6.45) is 3.43. The van der Waals surface area contributed by atoms with Gasteiger partial charge in [-0.25, -0.2) is 9.38 Å². The number of nitrogens with two attached hydrogens (primary N) is 5. The second-order valence-corrected chi connectivity index (χ2v) is 14.3. The van der Waals surface area contributed by atoms with Crippen LogP contribution < -0.4 is 49.9 Å². The summed E-state index contributed by atoms with van der Waals surface area (Å²) < 4.78 is 13.7. The van der Waals surface area contributed by atoms with Crippen LogP contribution in [0.15, 0.2) is 82.1 Å². The van der Waals surface area contributed by atoms with E-state index in [2.05, 4.69) is 31.3 Å². The monoisotopic (exact) mass is 791 g/mol. The summed E-state index contributed by atoms with van der Waals surface area (Å²) in [6, 6.07) is 11.0. The molecule has 16 nitrogen and oxygen atoms in total. The summed E-state index contributed by atoms with van der Waals surface area (Å²) in [5.41, 5.74) is 28.9. The highest BCUT2D eigenvalue weighted by Gasteiger charge is 2.31. The molecule has 1 heterocycles. The Kier molecular flexibility index (Phi) is 17.5. The molecule has 1 aromatic heterocycles. The number of carbonyl (C=O) groups excluding carboxylic acids is 5. The van der Waals surface area contributed by atoms with Gasteiger partial charge < -0.3 is 49.9 Å². The second-order valence-electron chi connectivity index (χ2n) is 13.3. The normalized spacial score (nSPS) is 13.1. The van der Waals surface area contributed by atoms with Gasteiger partial charge in [-0.05, 0) is 78.1 Å². The van der Waals surface area contributed by atoms with E-state index >= 15 is 0 Å². The minimum Gasteiger partial charge on any atom is -0.370 e. The molecule has 0 aliphatic carbocycles. The van der Waals surface area contributed by atoms with Gasteiger partial charge in [0.25, 0.3) is 0 Å². The van der Waals surface area contributed by atoms with Gasteiger partial charge in [-0.3, -0.25) is 29.0 Å². The Morgan fingerprint density at radius 1 is 0.732 bits per heavy atom. The number of benzene rings is 2. The van der Waals surface area contributed by atoms with Crippen molar-refractivity contribution in [3.8, 4) is 0 Å². The first-order valence-electron chi connectivity index (χ1n) is 17.8. The van der Waals surface area contributed by atoms with Gasteiger partial charge in [0, 0.05) is 30.3 Å². The maximum atomic E-state index is 14.1. The molecule has 0 bridgehead atoms. The fraction of sp³-hybridized carbons (Fsp3) is 0.342. The molecule has 0 saturated heterocycles. The molecule has 0 radical (unpaired) electrons. The summed E-state index contributed by atoms with van der Waals surface area (Å²) in [7, 11) is 0. The molecule has 0 aliphatic rings. The fourth-order valence-electron chi connectivity index (χ4n) is 5.44. The van der Waals surface area contributed by atoms with Crippen LogP contribution in [0, 0.1) is 11.7 Å². The van der Waals surface area contributed by atoms with Gasteiger partial charge in [0.05, 0.1) is 5.69 Å². The van der Waals surface area contributed by atoms with Crippen LogP contribution in [-0.4, -0.2) is 72.2 Å². The summed E-state index contributed by atoms with van der Waals surface area (Å²) in [5, 5.41) is 12.7. The first kappa shape index (κ1) is 44.1. The number of carbonyl (C=O) groups is 5. The lowest BCUT2D eigenvalue weighted by Gasteiger charge is -2.27. The smallest absolute Gasteiger partial charge is 0.244 e. The summed E-state index contributed by atoms with van der Waals surface area (Å²) >= 11 is 1.42. The van der Waals surface area contributed by atoms with Crippen LogP contribution in [0.5, 0.6) is 0 Å². The first-order chi connectivity index (χ1) is 26.6. The van der Waals surface area contributed by atoms with E-state index in [9.17, 15) is 28.4 Å². The van der Waals surface area contributed by atoms with Crippen molar-refractivity contribution in [1.82, 2.24) is 21.3 Å². The zero-order chi connectivity index (χ0) is 41.2. The maximum absolute atomic E-state index is 14.1. The van der Waals surface area contributed by atoms with Crippen molar-refractivity contribution in [3.05, 3.63) is 93.9 Å². The van der Waals surface area contributed by atoms with Crippen molar-refractivity contribution in [3.63, 3.8) is 0 Å². The molecular formula is C38H50FN11O5S. The van der Waals surface area contributed by atoms with Crippen LogP contribution in [0.3, 0.4) is 0 Å². The number of halogens is 1. The van der Waals surface area contributed by atoms with Crippen LogP contribution in [0.2, 0.25) is 0 Å². The van der Waals surface area contributed by atoms with E-state index < -0.39 is 59.5 Å². The average molecular weight is 792 g/mol. The lowest BCUT2D eigenvalue weighted by atomic mass is 9.99. The van der Waals surface area contributed by atoms with E-state index in [1.807, 2.05) is 31.4 Å². The number of hydrogen-bond donors (Lipinski definition) is 9. The quantitative estimate of drug-likeness (QED) is 0.0319. The SMILES string of the molecule is CC(C)C[C@H](NC(=O)[C@H](Cc1ccc(N=C(N)N)cc1)NC(=O)[C@H](Cc1ccc(F)cc1)NC(=O)/C=C/c1cccs1)C(=O)N[C@@H](CCCN=C(N)N)C(N)=O. The standard InChI is InChI=1S/C38H50FN11O5S/c1-22(2)19-29(34(53)48-28(33(40)52)6-3-17-45-37(41)42)49-36(55)31(21-24-9-13-26(14-10-24)46-38(43)44)50-35(54)30(20-23-7-11-25(39)12-8-23)47-32(51)16-15-27-5-4-18-56-27/h4-5,7-16,18,22,28-31H,3,6,17,19-21H2,1-2H3,(H2,40,52)(H,47,51)(H,48,53)(H,49,55)(H,50,54)(H4,41,42,45)(H4,43,44,46)/b16-15+/t28-,29-,30-,31-/m0/s1. The zero-order valence-corrected chi connectivity index (χ0v) is 32.1. The van der Waals surface area contributed by atoms with Gasteiger partial charge in [-0.2, -0.15) is 0 Å². The third-order valence-corrected chi connectivity index (χ3v) is 8.98. The molecule has 4 atom stereocenters. The van der Waals surface area contributed by atoms with E-state index in [0.29, 0.717) is 23.2 Å². The summed E-state index contributed by atoms with van der Waals surface area (Å²) in [6.45, 7) is 3.90. The van der Waals surface area contributed by atoms with Crippen LogP contribution in [0.1, 0.15) is 49.1 Å². The van der Waals surface area contributed by atoms with Crippen molar-refractivity contribution in [2.45, 2.75) is 70.1 Å². The van der Waals surface area contributed by atoms with E-state index in [-0.39, 0.29) is 50.1 Å². The van der Waals surface area contributed by atoms with E-state index in [4.69, 9.17) is 28.7 Å². The third kappa shape index (κ3) is 16.0. The van der Waals surface area contributed by atoms with Crippen molar-refractivity contribution in [1.29, 1.82) is 0 Å². The van der Waals surface area contributed by atoms with Crippen molar-refractivity contribution < 1.29 is 28.4 Å². The zero-order valence-electron chi connectivity index (χ0n) is 31.2. The number of hydrogen-bond acceptors (Lipinski definition) is 8. The van der Waals surface area contributed by atoms with Crippen LogP contribution >= 0.6 is 11.3 Å². The van der Waals surface area contributed by atoms with Gasteiger partial charge in [0.2, 0.25) is 29.5 Å². The molecule has 56 heavy (non-hydrogen) atoms. The average Bonchev–Trinajstić information content (AvgIpc) is 3.66. The number of nitrogens with one attached hydrogen (secondary N) is 4. The van der Waals surface area contributed by atoms with Gasteiger partial charge in [0.15, 0.2) is 11.9 Å². The minimum absolute atomic E-state index is 0.0394. The Hall–Kier alpha value is -6.30. The maximum Gasteiger partial charge on any atom is 0.244 e. The number of primary amides is 1. The van der Waals surface area contributed by atoms with Gasteiger partial charge in [-0.15, -0.1) is 11.3 Å². The fourth-order valence-corrected chi connectivity index (χ4v) is 6.06. The first-order valence-corrected chi connectivity index (χ1v) is 18.7. The summed E-state index contributed by atoms with van der Waals surface area (Å²) in [4.78, 5) is 75.8. The predicted octanol–water partition coefficient (Wildman–Crippen LogP) is 0.815. The molecule has 2 aromatic carbocycles. The van der Waals surface area contributed by atoms with Crippen molar-refractivity contribution in [2.75, 3.05) is 6.54 Å². The molecule has 14 N–H and O–H groups in total. The molecule has 5 amide bonds. The molecule has 0 saturated carbocycles. The predicted molar refractivity (Wildman–Crippen MR) is 215 cm³/mol. The number of guanidine groups is 2. The molecule has 3 rings (SSSR count). The van der Waals surface area contributed by atoms with Crippen LogP contribution in [0.4, 0.5) is 10.1 Å². The highest BCUT2D eigenvalue weighted by atomic mass is 32.1. The highest BCUT2D eigenvalue weighted by Crippen LogP contribution is 2.16. The van der Waals surface area contributed by atoms with Crippen LogP contribution in [-0.2, 0) is 36.8 Å². The Labute approximate surface area is 328 Å². The molecule has 3 aromatic rings. The van der Waals surface area contributed by atoms with E-state index in [1.54, 1.807) is 30.3 Å². The van der Waals surface area contributed by atoms with Crippen molar-refractivity contribution >= 4 is 64.6 Å². The Morgan fingerprint density at radius 3 is 1.82 bits per heavy atom. The lowest BCUT2D eigenvalue weighted by molar-refractivity contribution is -0.134. The number of aliphatic imine (C=N–C) groups is 2. The molecule has 0 aliphatic heterocycles. The van der Waals surface area contributed by atoms with Gasteiger partial charge in [-0.1, -0.05) is 44.2 Å².